The first-order chi connectivity index (χ1) is 8.54. The fraction of sp³-hybridized carbons (Fsp3) is 0.545. The van der Waals surface area contributed by atoms with E-state index in [1.165, 1.54) is 0 Å². The van der Waals surface area contributed by atoms with Gasteiger partial charge in [0.05, 0.1) is 12.9 Å². The predicted molar refractivity (Wildman–Crippen MR) is 61.4 cm³/mol. The number of rotatable bonds is 5. The molecule has 0 saturated heterocycles. The first-order valence-electron chi connectivity index (χ1n) is 5.26. The van der Waals surface area contributed by atoms with Crippen LogP contribution >= 0.6 is 0 Å². The highest BCUT2D eigenvalue weighted by atomic mass is 16.5. The largest absolute Gasteiger partial charge is 0.497 e. The molecule has 0 amide bonds. The van der Waals surface area contributed by atoms with Crippen molar-refractivity contribution in [2.24, 2.45) is 0 Å². The summed E-state index contributed by atoms with van der Waals surface area (Å²) in [4.78, 5) is 9.90. The van der Waals surface area contributed by atoms with Gasteiger partial charge >= 0.3 is 0 Å². The van der Waals surface area contributed by atoms with E-state index in [9.17, 15) is 4.79 Å². The lowest BCUT2D eigenvalue weighted by Crippen LogP contribution is -2.46. The van der Waals surface area contributed by atoms with Crippen molar-refractivity contribution in [3.63, 3.8) is 0 Å². The molecule has 0 unspecified atom stereocenters. The number of carbonyl (C=O) groups excluding carboxylic acids is 1. The van der Waals surface area contributed by atoms with Gasteiger partial charge in [-0.2, -0.15) is 0 Å². The van der Waals surface area contributed by atoms with Crippen LogP contribution < -0.4 is 0 Å². The second kappa shape index (κ2) is 9.75. The molecule has 1 aliphatic heterocycles. The third kappa shape index (κ3) is 6.48. The van der Waals surface area contributed by atoms with Gasteiger partial charge in [0.25, 0.3) is 0 Å². The van der Waals surface area contributed by atoms with Gasteiger partial charge in [-0.25, -0.2) is 0 Å². The zero-order chi connectivity index (χ0) is 14.0. The minimum atomic E-state index is -1.79. The molecule has 4 atom stereocenters. The number of ether oxygens (including phenoxy) is 1. The highest BCUT2D eigenvalue weighted by molar-refractivity contribution is 5.56. The molecule has 1 aliphatic rings. The van der Waals surface area contributed by atoms with Crippen LogP contribution in [0.4, 0.5) is 0 Å². The smallest absolute Gasteiger partial charge is 0.151 e. The minimum absolute atomic E-state index is 0.0258. The van der Waals surface area contributed by atoms with Gasteiger partial charge in [-0.1, -0.05) is 6.08 Å². The van der Waals surface area contributed by atoms with E-state index >= 15 is 0 Å². The van der Waals surface area contributed by atoms with Crippen molar-refractivity contribution in [3.8, 4) is 0 Å². The van der Waals surface area contributed by atoms with Gasteiger partial charge < -0.3 is 35.1 Å². The van der Waals surface area contributed by atoms with Crippen LogP contribution in [0.5, 0.6) is 0 Å². The van der Waals surface area contributed by atoms with E-state index in [2.05, 4.69) is 0 Å². The molecule has 1 heterocycles. The van der Waals surface area contributed by atoms with Crippen LogP contribution in [0, 0.1) is 0 Å². The van der Waals surface area contributed by atoms with Crippen LogP contribution in [0.25, 0.3) is 0 Å². The van der Waals surface area contributed by atoms with Crippen molar-refractivity contribution >= 4 is 6.29 Å². The molecule has 7 heteroatoms. The molecule has 104 valence electrons. The molecule has 0 bridgehead atoms. The Balaban J connectivity index is 0.000000397. The zero-order valence-corrected chi connectivity index (χ0v) is 9.66. The van der Waals surface area contributed by atoms with Gasteiger partial charge in [0.1, 0.15) is 31.0 Å². The van der Waals surface area contributed by atoms with E-state index in [-0.39, 0.29) is 6.29 Å². The van der Waals surface area contributed by atoms with Crippen molar-refractivity contribution < 1.29 is 35.1 Å². The zero-order valence-electron chi connectivity index (χ0n) is 9.66. The van der Waals surface area contributed by atoms with Gasteiger partial charge in [-0.15, -0.1) is 0 Å². The van der Waals surface area contributed by atoms with Crippen LogP contribution in [-0.4, -0.2) is 69.4 Å². The Bertz CT molecular complexity index is 265. The van der Waals surface area contributed by atoms with Gasteiger partial charge in [0.15, 0.2) is 6.29 Å². The molecule has 0 fully saturated rings. The number of hydrogen-bond acceptors (Lipinski definition) is 7. The van der Waals surface area contributed by atoms with Crippen LogP contribution in [0.1, 0.15) is 0 Å². The lowest BCUT2D eigenvalue weighted by molar-refractivity contribution is -0.136. The Morgan fingerprint density at radius 1 is 1.17 bits per heavy atom. The first kappa shape index (κ1) is 16.8. The summed E-state index contributed by atoms with van der Waals surface area (Å²) >= 11 is 0. The third-order valence-corrected chi connectivity index (χ3v) is 2.03. The average Bonchev–Trinajstić information content (AvgIpc) is 2.46. The summed E-state index contributed by atoms with van der Waals surface area (Å²) in [6.07, 6.45) is 0.626. The maximum Gasteiger partial charge on any atom is 0.151 e. The van der Waals surface area contributed by atoms with Crippen LogP contribution in [-0.2, 0) is 9.53 Å². The second-order valence-electron chi connectivity index (χ2n) is 3.45. The van der Waals surface area contributed by atoms with E-state index < -0.39 is 31.0 Å². The maximum atomic E-state index is 9.90. The molecule has 0 aromatic rings. The number of aldehydes is 1. The van der Waals surface area contributed by atoms with E-state index in [1.54, 1.807) is 6.26 Å². The van der Waals surface area contributed by atoms with Gasteiger partial charge in [0, 0.05) is 0 Å². The number of hydrogen-bond donors (Lipinski definition) is 5. The lowest BCUT2D eigenvalue weighted by atomic mass is 10.0. The lowest BCUT2D eigenvalue weighted by Gasteiger charge is -2.22. The molecule has 18 heavy (non-hydrogen) atoms. The summed E-state index contributed by atoms with van der Waals surface area (Å²) in [6.45, 7) is -0.0275. The molecule has 0 aromatic heterocycles. The SMILES string of the molecule is C1=CCOC=C1.O=C[C@@H](O)[C@@H](O)[C@H](O)[C@H](O)CO. The fourth-order valence-electron chi connectivity index (χ4n) is 0.964. The molecule has 1 rings (SSSR count). The van der Waals surface area contributed by atoms with E-state index in [1.807, 2.05) is 18.2 Å². The number of allylic oxidation sites excluding steroid dienone is 2. The summed E-state index contributed by atoms with van der Waals surface area (Å²) in [5.74, 6) is 0. The number of aliphatic hydroxyl groups excluding tert-OH is 5. The molecule has 0 saturated carbocycles. The average molecular weight is 262 g/mol. The highest BCUT2D eigenvalue weighted by Gasteiger charge is 2.29. The minimum Gasteiger partial charge on any atom is -0.497 e. The number of aliphatic hydroxyl groups is 5. The number of carbonyl (C=O) groups is 1. The van der Waals surface area contributed by atoms with Gasteiger partial charge in [0.2, 0.25) is 0 Å². The Morgan fingerprint density at radius 3 is 2.11 bits per heavy atom. The maximum absolute atomic E-state index is 9.90. The van der Waals surface area contributed by atoms with Crippen molar-refractivity contribution in [3.05, 3.63) is 24.5 Å². The fourth-order valence-corrected chi connectivity index (χ4v) is 0.964. The summed E-state index contributed by atoms with van der Waals surface area (Å²) in [5, 5.41) is 43.5. The molecule has 0 spiro atoms. The Hall–Kier alpha value is -1.25. The van der Waals surface area contributed by atoms with Crippen LogP contribution in [0.15, 0.2) is 24.5 Å². The van der Waals surface area contributed by atoms with Crippen molar-refractivity contribution in [1.82, 2.24) is 0 Å². The molecule has 0 radical (unpaired) electrons. The van der Waals surface area contributed by atoms with Crippen LogP contribution in [0.3, 0.4) is 0 Å². The summed E-state index contributed by atoms with van der Waals surface area (Å²) < 4.78 is 4.80. The summed E-state index contributed by atoms with van der Waals surface area (Å²) in [7, 11) is 0. The Kier molecular flexibility index (Phi) is 9.07. The van der Waals surface area contributed by atoms with Crippen molar-refractivity contribution in [1.29, 1.82) is 0 Å². The predicted octanol–water partition coefficient (Wildman–Crippen LogP) is -2.29. The standard InChI is InChI=1S/C6H12O6.C5H6O/c7-1-3(9)5(11)6(12)4(10)2-8;1-2-4-6-5-3-1/h1,3-6,8-12H,2H2;1-4H,5H2/t3-,4-,5-,6-;/m1./s1. The topological polar surface area (TPSA) is 127 Å². The van der Waals surface area contributed by atoms with Crippen LogP contribution in [0.2, 0.25) is 0 Å². The molecule has 5 N–H and O–H groups in total. The van der Waals surface area contributed by atoms with E-state index in [0.29, 0.717) is 0 Å². The third-order valence-electron chi connectivity index (χ3n) is 2.03. The summed E-state index contributed by atoms with van der Waals surface area (Å²) in [6, 6.07) is 0. The molecule has 0 aliphatic carbocycles. The highest BCUT2D eigenvalue weighted by Crippen LogP contribution is 2.02. The normalized spacial score (nSPS) is 19.8. The first-order valence-corrected chi connectivity index (χ1v) is 5.26. The van der Waals surface area contributed by atoms with Crippen molar-refractivity contribution in [2.45, 2.75) is 24.4 Å². The molecular weight excluding hydrogens is 244 g/mol. The quantitative estimate of drug-likeness (QED) is 0.353. The molecular formula is C11H18O7. The van der Waals surface area contributed by atoms with Gasteiger partial charge in [-0.3, -0.25) is 0 Å². The summed E-state index contributed by atoms with van der Waals surface area (Å²) in [5.41, 5.74) is 0. The van der Waals surface area contributed by atoms with E-state index in [4.69, 9.17) is 30.3 Å². The van der Waals surface area contributed by atoms with Gasteiger partial charge in [-0.05, 0) is 12.2 Å². The second-order valence-corrected chi connectivity index (χ2v) is 3.45. The Labute approximate surface area is 104 Å². The van der Waals surface area contributed by atoms with Crippen molar-refractivity contribution in [2.75, 3.05) is 13.2 Å². The van der Waals surface area contributed by atoms with E-state index in [0.717, 1.165) is 6.61 Å². The monoisotopic (exact) mass is 262 g/mol. The Morgan fingerprint density at radius 2 is 1.83 bits per heavy atom. The molecule has 7 nitrogen and oxygen atoms in total. The molecule has 0 aromatic carbocycles.